The largest absolute Gasteiger partial charge is 0.341 e. The molecule has 0 aliphatic carbocycles. The highest BCUT2D eigenvalue weighted by atomic mass is 35.5. The van der Waals surface area contributed by atoms with Crippen molar-refractivity contribution < 1.29 is 13.2 Å². The summed E-state index contributed by atoms with van der Waals surface area (Å²) in [6.45, 7) is 1.34. The molecule has 1 amide bonds. The number of carbonyl (C=O) groups is 1. The Kier molecular flexibility index (Phi) is 7.37. The Morgan fingerprint density at radius 3 is 2.47 bits per heavy atom. The van der Waals surface area contributed by atoms with E-state index in [1.165, 1.54) is 10.4 Å². The summed E-state index contributed by atoms with van der Waals surface area (Å²) in [5, 5.41) is 9.05. The minimum atomic E-state index is -3.80. The van der Waals surface area contributed by atoms with Crippen LogP contribution in [0.15, 0.2) is 47.4 Å². The lowest BCUT2D eigenvalue weighted by molar-refractivity contribution is -0.131. The van der Waals surface area contributed by atoms with Gasteiger partial charge in [0.25, 0.3) is 0 Å². The molecular weight excluding hydrogens is 445 g/mol. The maximum absolute atomic E-state index is 13.0. The molecule has 2 aromatic carbocycles. The molecule has 0 bridgehead atoms. The number of aryl methyl sites for hydroxylation is 1. The van der Waals surface area contributed by atoms with Crippen LogP contribution in [0.4, 0.5) is 0 Å². The van der Waals surface area contributed by atoms with Crippen molar-refractivity contribution in [1.82, 2.24) is 9.21 Å². The second-order valence-corrected chi connectivity index (χ2v) is 9.69. The van der Waals surface area contributed by atoms with Crippen molar-refractivity contribution in [2.75, 3.05) is 26.2 Å². The zero-order valence-corrected chi connectivity index (χ0v) is 18.6. The smallest absolute Gasteiger partial charge is 0.244 e. The molecule has 2 aromatic rings. The first-order valence-corrected chi connectivity index (χ1v) is 11.7. The summed E-state index contributed by atoms with van der Waals surface area (Å²) >= 11 is 12.1. The normalized spacial score (nSPS) is 15.4. The Hall–Kier alpha value is -2.11. The van der Waals surface area contributed by atoms with E-state index in [4.69, 9.17) is 28.5 Å². The van der Waals surface area contributed by atoms with E-state index in [-0.39, 0.29) is 27.4 Å². The summed E-state index contributed by atoms with van der Waals surface area (Å²) in [6.07, 6.45) is 1.44. The molecule has 1 fully saturated rings. The summed E-state index contributed by atoms with van der Waals surface area (Å²) in [4.78, 5) is 14.3. The van der Waals surface area contributed by atoms with Gasteiger partial charge >= 0.3 is 0 Å². The predicted octanol–water partition coefficient (Wildman–Crippen LogP) is 3.72. The number of benzene rings is 2. The highest BCUT2D eigenvalue weighted by Gasteiger charge is 2.30. The minimum absolute atomic E-state index is 0.0127. The van der Waals surface area contributed by atoms with Crippen LogP contribution in [0, 0.1) is 11.3 Å². The Bertz CT molecular complexity index is 1070. The quantitative estimate of drug-likeness (QED) is 0.673. The number of halogens is 2. The summed E-state index contributed by atoms with van der Waals surface area (Å²) in [5.41, 5.74) is 1.57. The SMILES string of the molecule is N#Cc1ccc(CCC(=O)N2CCCN(S(=O)(=O)c3cccc(Cl)c3Cl)CC2)cc1. The van der Waals surface area contributed by atoms with Crippen LogP contribution < -0.4 is 0 Å². The number of hydrogen-bond donors (Lipinski definition) is 0. The summed E-state index contributed by atoms with van der Waals surface area (Å²) in [7, 11) is -3.80. The molecule has 0 radical (unpaired) electrons. The number of rotatable bonds is 5. The van der Waals surface area contributed by atoms with E-state index in [9.17, 15) is 13.2 Å². The lowest BCUT2D eigenvalue weighted by atomic mass is 10.1. The molecule has 1 aliphatic rings. The third-order valence-electron chi connectivity index (χ3n) is 5.05. The Morgan fingerprint density at radius 1 is 1.03 bits per heavy atom. The lowest BCUT2D eigenvalue weighted by Crippen LogP contribution is -2.37. The fourth-order valence-electron chi connectivity index (χ4n) is 3.36. The number of amides is 1. The second kappa shape index (κ2) is 9.80. The van der Waals surface area contributed by atoms with Gasteiger partial charge in [0.1, 0.15) is 4.90 Å². The van der Waals surface area contributed by atoms with Crippen LogP contribution in [-0.4, -0.2) is 49.7 Å². The molecule has 3 rings (SSSR count). The number of sulfonamides is 1. The van der Waals surface area contributed by atoms with Gasteiger partial charge in [-0.15, -0.1) is 0 Å². The van der Waals surface area contributed by atoms with Crippen LogP contribution >= 0.6 is 23.2 Å². The standard InChI is InChI=1S/C21H21Cl2N3O3S/c22-18-3-1-4-19(21(18)23)30(28,29)26-12-2-11-25(13-14-26)20(27)10-9-16-5-7-17(15-24)8-6-16/h1,3-8H,2,9-14H2. The van der Waals surface area contributed by atoms with Crippen molar-refractivity contribution in [3.8, 4) is 6.07 Å². The van der Waals surface area contributed by atoms with E-state index in [0.717, 1.165) is 5.56 Å². The Morgan fingerprint density at radius 2 is 1.77 bits per heavy atom. The number of carbonyl (C=O) groups excluding carboxylic acids is 1. The lowest BCUT2D eigenvalue weighted by Gasteiger charge is -2.22. The van der Waals surface area contributed by atoms with Gasteiger partial charge in [0.05, 0.1) is 21.7 Å². The third-order valence-corrected chi connectivity index (χ3v) is 7.92. The van der Waals surface area contributed by atoms with E-state index in [0.29, 0.717) is 44.5 Å². The van der Waals surface area contributed by atoms with Gasteiger partial charge in [0, 0.05) is 32.6 Å². The molecule has 1 aliphatic heterocycles. The van der Waals surface area contributed by atoms with Gasteiger partial charge in [0.15, 0.2) is 0 Å². The van der Waals surface area contributed by atoms with Gasteiger partial charge in [-0.2, -0.15) is 9.57 Å². The van der Waals surface area contributed by atoms with Gasteiger partial charge < -0.3 is 4.90 Å². The second-order valence-electron chi connectivity index (χ2n) is 7.00. The van der Waals surface area contributed by atoms with Gasteiger partial charge in [-0.25, -0.2) is 8.42 Å². The molecule has 30 heavy (non-hydrogen) atoms. The number of hydrogen-bond acceptors (Lipinski definition) is 4. The maximum atomic E-state index is 13.0. The molecule has 0 unspecified atom stereocenters. The molecule has 0 saturated carbocycles. The fourth-order valence-corrected chi connectivity index (χ4v) is 5.57. The van der Waals surface area contributed by atoms with Crippen molar-refractivity contribution in [2.45, 2.75) is 24.2 Å². The van der Waals surface area contributed by atoms with E-state index >= 15 is 0 Å². The van der Waals surface area contributed by atoms with Crippen molar-refractivity contribution in [1.29, 1.82) is 5.26 Å². The average molecular weight is 466 g/mol. The fraction of sp³-hybridized carbons (Fsp3) is 0.333. The monoisotopic (exact) mass is 465 g/mol. The molecular formula is C21H21Cl2N3O3S. The van der Waals surface area contributed by atoms with Crippen LogP contribution in [0.5, 0.6) is 0 Å². The molecule has 158 valence electrons. The topological polar surface area (TPSA) is 81.5 Å². The van der Waals surface area contributed by atoms with Gasteiger partial charge in [0.2, 0.25) is 15.9 Å². The molecule has 0 spiro atoms. The average Bonchev–Trinajstić information content (AvgIpc) is 3.01. The zero-order valence-electron chi connectivity index (χ0n) is 16.2. The Labute approximate surface area is 186 Å². The minimum Gasteiger partial charge on any atom is -0.341 e. The molecule has 0 atom stereocenters. The summed E-state index contributed by atoms with van der Waals surface area (Å²) < 4.78 is 27.4. The third kappa shape index (κ3) is 5.13. The highest BCUT2D eigenvalue weighted by molar-refractivity contribution is 7.89. The van der Waals surface area contributed by atoms with Gasteiger partial charge in [-0.3, -0.25) is 4.79 Å². The van der Waals surface area contributed by atoms with E-state index in [1.807, 2.05) is 12.1 Å². The van der Waals surface area contributed by atoms with Crippen LogP contribution in [0.25, 0.3) is 0 Å². The first-order chi connectivity index (χ1) is 14.3. The Balaban J connectivity index is 1.62. The van der Waals surface area contributed by atoms with E-state index < -0.39 is 10.0 Å². The first kappa shape index (κ1) is 22.6. The first-order valence-electron chi connectivity index (χ1n) is 9.54. The maximum Gasteiger partial charge on any atom is 0.244 e. The van der Waals surface area contributed by atoms with Crippen LogP contribution in [0.2, 0.25) is 10.0 Å². The summed E-state index contributed by atoms with van der Waals surface area (Å²) in [5.74, 6) is -0.0144. The molecule has 6 nitrogen and oxygen atoms in total. The van der Waals surface area contributed by atoms with E-state index in [1.54, 1.807) is 29.2 Å². The zero-order chi connectivity index (χ0) is 21.7. The van der Waals surface area contributed by atoms with Crippen molar-refractivity contribution in [3.63, 3.8) is 0 Å². The van der Waals surface area contributed by atoms with Crippen LogP contribution in [0.1, 0.15) is 24.0 Å². The highest BCUT2D eigenvalue weighted by Crippen LogP contribution is 2.31. The van der Waals surface area contributed by atoms with Crippen LogP contribution in [0.3, 0.4) is 0 Å². The van der Waals surface area contributed by atoms with Crippen LogP contribution in [-0.2, 0) is 21.2 Å². The molecule has 0 N–H and O–H groups in total. The molecule has 9 heteroatoms. The molecule has 1 saturated heterocycles. The predicted molar refractivity (Wildman–Crippen MR) is 116 cm³/mol. The van der Waals surface area contributed by atoms with Crippen molar-refractivity contribution >= 4 is 39.1 Å². The molecule has 0 aromatic heterocycles. The van der Waals surface area contributed by atoms with Gasteiger partial charge in [-0.1, -0.05) is 41.4 Å². The van der Waals surface area contributed by atoms with Crippen molar-refractivity contribution in [2.24, 2.45) is 0 Å². The van der Waals surface area contributed by atoms with Crippen molar-refractivity contribution in [3.05, 3.63) is 63.6 Å². The molecule has 1 heterocycles. The van der Waals surface area contributed by atoms with E-state index in [2.05, 4.69) is 6.07 Å². The number of nitrogens with zero attached hydrogens (tertiary/aromatic N) is 3. The van der Waals surface area contributed by atoms with Gasteiger partial charge in [-0.05, 0) is 42.7 Å². The summed E-state index contributed by atoms with van der Waals surface area (Å²) in [6, 6.07) is 13.8. The number of nitriles is 1.